The number of benzene rings is 1. The van der Waals surface area contributed by atoms with Crippen LogP contribution in [0.2, 0.25) is 0 Å². The third-order valence-electron chi connectivity index (χ3n) is 7.85. The van der Waals surface area contributed by atoms with Gasteiger partial charge in [0.05, 0.1) is 26.5 Å². The number of H-pyrrole nitrogens is 1. The number of halogens is 1. The lowest BCUT2D eigenvalue weighted by molar-refractivity contribution is -0.981. The number of piperidine rings is 3. The lowest BCUT2D eigenvalue weighted by atomic mass is 9.54. The Labute approximate surface area is 171 Å². The molecule has 2 N–H and O–H groups in total. The Balaban J connectivity index is 0.00000192. The van der Waals surface area contributed by atoms with Gasteiger partial charge in [-0.1, -0.05) is 24.3 Å². The fourth-order valence-electron chi connectivity index (χ4n) is 6.62. The van der Waals surface area contributed by atoms with E-state index in [0.29, 0.717) is 6.04 Å². The molecule has 0 spiro atoms. The van der Waals surface area contributed by atoms with Gasteiger partial charge in [0.15, 0.2) is 0 Å². The number of aromatic amines is 1. The minimum Gasteiger partial charge on any atom is -1.00 e. The van der Waals surface area contributed by atoms with Gasteiger partial charge >= 0.3 is 5.97 Å². The number of carbonyl (C=O) groups is 1. The summed E-state index contributed by atoms with van der Waals surface area (Å²) in [5.74, 6) is -0.223. The fourth-order valence-corrected chi connectivity index (χ4v) is 6.62. The second-order valence-corrected chi connectivity index (χ2v) is 8.65. The maximum absolute atomic E-state index is 13.1. The monoisotopic (exact) mass is 402 g/mol. The van der Waals surface area contributed by atoms with Gasteiger partial charge in [0.1, 0.15) is 24.0 Å². The molecule has 5 atom stereocenters. The van der Waals surface area contributed by atoms with E-state index in [1.165, 1.54) is 29.3 Å². The van der Waals surface area contributed by atoms with Crippen LogP contribution < -0.4 is 12.4 Å². The molecule has 1 aromatic carbocycles. The molecular formula is C22H27ClN2O3. The summed E-state index contributed by atoms with van der Waals surface area (Å²) in [5, 5.41) is 11.8. The molecule has 5 nitrogen and oxygen atoms in total. The summed E-state index contributed by atoms with van der Waals surface area (Å²) in [6, 6.07) is 8.76. The molecule has 0 aliphatic carbocycles. The van der Waals surface area contributed by atoms with Crippen LogP contribution >= 0.6 is 0 Å². The van der Waals surface area contributed by atoms with Gasteiger partial charge in [-0.25, -0.2) is 0 Å². The van der Waals surface area contributed by atoms with Crippen LogP contribution in [-0.4, -0.2) is 53.9 Å². The molecule has 1 aromatic heterocycles. The molecule has 4 aliphatic rings. The number of likely N-dealkylation sites (N-methyl/N-ethyl adjacent to an activating group) is 1. The topological polar surface area (TPSA) is 62.3 Å². The molecule has 3 saturated heterocycles. The van der Waals surface area contributed by atoms with Gasteiger partial charge in [0, 0.05) is 29.7 Å². The Bertz CT molecular complexity index is 983. The zero-order valence-electron chi connectivity index (χ0n) is 16.5. The molecule has 6 rings (SSSR count). The summed E-state index contributed by atoms with van der Waals surface area (Å²) in [5.41, 5.74) is 4.23. The Kier molecular flexibility index (Phi) is 4.42. The van der Waals surface area contributed by atoms with E-state index in [2.05, 4.69) is 42.4 Å². The lowest BCUT2D eigenvalue weighted by Crippen LogP contribution is -3.00. The number of nitrogens with zero attached hydrogens (tertiary/aromatic N) is 1. The van der Waals surface area contributed by atoms with Crippen molar-refractivity contribution in [3.63, 3.8) is 0 Å². The van der Waals surface area contributed by atoms with E-state index in [9.17, 15) is 9.90 Å². The third-order valence-corrected chi connectivity index (χ3v) is 7.85. The van der Waals surface area contributed by atoms with Crippen molar-refractivity contribution in [1.82, 2.24) is 4.98 Å². The van der Waals surface area contributed by atoms with Crippen molar-refractivity contribution < 1.29 is 31.5 Å². The third kappa shape index (κ3) is 2.07. The number of carbonyl (C=O) groups excluding carboxylic acids is 1. The molecule has 0 amide bonds. The highest BCUT2D eigenvalue weighted by molar-refractivity contribution is 5.86. The average molecular weight is 403 g/mol. The number of aliphatic hydroxyl groups excluding tert-OH is 1. The lowest BCUT2D eigenvalue weighted by Gasteiger charge is -2.66. The van der Waals surface area contributed by atoms with Gasteiger partial charge in [0.25, 0.3) is 0 Å². The number of methoxy groups -OCH3 is 1. The van der Waals surface area contributed by atoms with E-state index in [-0.39, 0.29) is 36.9 Å². The van der Waals surface area contributed by atoms with E-state index in [0.717, 1.165) is 29.4 Å². The van der Waals surface area contributed by atoms with Crippen molar-refractivity contribution in [2.45, 2.75) is 31.8 Å². The molecule has 150 valence electrons. The van der Waals surface area contributed by atoms with Crippen molar-refractivity contribution in [2.24, 2.45) is 11.3 Å². The van der Waals surface area contributed by atoms with Gasteiger partial charge < -0.3 is 31.7 Å². The highest BCUT2D eigenvalue weighted by atomic mass is 35.5. The molecular weight excluding hydrogens is 376 g/mol. The average Bonchev–Trinajstić information content (AvgIpc) is 3.05. The molecule has 2 aromatic rings. The van der Waals surface area contributed by atoms with Crippen LogP contribution in [0.25, 0.3) is 10.9 Å². The second-order valence-electron chi connectivity index (χ2n) is 8.65. The minimum absolute atomic E-state index is 0. The number of hydrogen-bond acceptors (Lipinski definition) is 3. The van der Waals surface area contributed by atoms with Gasteiger partial charge in [0.2, 0.25) is 0 Å². The molecule has 0 saturated carbocycles. The molecule has 0 unspecified atom stereocenters. The Morgan fingerprint density at radius 2 is 2.18 bits per heavy atom. The van der Waals surface area contributed by atoms with E-state index in [1.54, 1.807) is 0 Å². The standard InChI is InChI=1S/C22H27N2O3.ClH/c1-4-13-11-24(2)18-10-16(13)22(12-25,21(26)27-3)19(24)9-15-14-7-5-6-8-17(14)23-20(15)18;/h4-8,16,18-19,23,25H,9-12H2,1-3H3;1H/q+1;/p-1/t16-,18-,19-,22-,24+;/m0./s1. The van der Waals surface area contributed by atoms with Gasteiger partial charge in [-0.2, -0.15) is 0 Å². The molecule has 28 heavy (non-hydrogen) atoms. The quantitative estimate of drug-likeness (QED) is 0.412. The van der Waals surface area contributed by atoms with E-state index in [1.807, 2.05) is 6.92 Å². The first-order chi connectivity index (χ1) is 13.0. The Morgan fingerprint density at radius 1 is 1.43 bits per heavy atom. The van der Waals surface area contributed by atoms with E-state index < -0.39 is 5.41 Å². The number of ether oxygens (including phenoxy) is 1. The molecule has 6 heteroatoms. The number of allylic oxidation sites excluding steroid dienone is 1. The van der Waals surface area contributed by atoms with Crippen molar-refractivity contribution in [3.8, 4) is 0 Å². The molecule has 4 bridgehead atoms. The molecule has 5 heterocycles. The summed E-state index contributed by atoms with van der Waals surface area (Å²) in [6.45, 7) is 2.82. The summed E-state index contributed by atoms with van der Waals surface area (Å²) in [6.07, 6.45) is 3.80. The number of esters is 1. The molecule has 0 radical (unpaired) electrons. The maximum atomic E-state index is 13.1. The normalized spacial score (nSPS) is 36.9. The predicted octanol–water partition coefficient (Wildman–Crippen LogP) is -0.284. The fraction of sp³-hybridized carbons (Fsp3) is 0.500. The number of aromatic nitrogens is 1. The highest BCUT2D eigenvalue weighted by Gasteiger charge is 2.71. The number of quaternary nitrogens is 1. The maximum Gasteiger partial charge on any atom is 0.320 e. The van der Waals surface area contributed by atoms with Crippen LogP contribution in [0.3, 0.4) is 0 Å². The number of para-hydroxylation sites is 1. The number of nitrogens with one attached hydrogen (secondary N) is 1. The van der Waals surface area contributed by atoms with Crippen LogP contribution in [0, 0.1) is 11.3 Å². The number of hydrogen-bond donors (Lipinski definition) is 2. The molecule has 3 fully saturated rings. The van der Waals surface area contributed by atoms with E-state index in [4.69, 9.17) is 4.74 Å². The second kappa shape index (κ2) is 6.34. The first-order valence-corrected chi connectivity index (χ1v) is 9.80. The van der Waals surface area contributed by atoms with Crippen molar-refractivity contribution in [3.05, 3.63) is 47.2 Å². The smallest absolute Gasteiger partial charge is 0.320 e. The largest absolute Gasteiger partial charge is 1.00 e. The number of rotatable bonds is 2. The van der Waals surface area contributed by atoms with Gasteiger partial charge in [-0.15, -0.1) is 0 Å². The SMILES string of the molecule is CC=C1C[N@+]2(C)[C@H]3C[C@@H]1[C@](CO)(C(=O)OC)[C@@H]2Cc1c3[nH]c2ccccc12.[Cl-]. The van der Waals surface area contributed by atoms with Crippen LogP contribution in [0.1, 0.15) is 30.6 Å². The van der Waals surface area contributed by atoms with E-state index >= 15 is 0 Å². The zero-order valence-corrected chi connectivity index (χ0v) is 17.3. The summed E-state index contributed by atoms with van der Waals surface area (Å²) >= 11 is 0. The molecule has 4 aliphatic heterocycles. The van der Waals surface area contributed by atoms with Crippen molar-refractivity contribution in [2.75, 3.05) is 27.3 Å². The van der Waals surface area contributed by atoms with Gasteiger partial charge in [-0.05, 0) is 24.1 Å². The van der Waals surface area contributed by atoms with Crippen LogP contribution in [0.15, 0.2) is 35.9 Å². The Hall–Kier alpha value is -1.82. The van der Waals surface area contributed by atoms with Crippen molar-refractivity contribution >= 4 is 16.9 Å². The van der Waals surface area contributed by atoms with Crippen LogP contribution in [-0.2, 0) is 16.0 Å². The zero-order chi connectivity index (χ0) is 19.0. The number of aliphatic hydroxyl groups is 1. The summed E-state index contributed by atoms with van der Waals surface area (Å²) in [4.78, 5) is 16.8. The first-order valence-electron chi connectivity index (χ1n) is 9.80. The highest BCUT2D eigenvalue weighted by Crippen LogP contribution is 2.62. The van der Waals surface area contributed by atoms with Crippen LogP contribution in [0.4, 0.5) is 0 Å². The predicted molar refractivity (Wildman–Crippen MR) is 103 cm³/mol. The van der Waals surface area contributed by atoms with Crippen molar-refractivity contribution in [1.29, 1.82) is 0 Å². The first kappa shape index (κ1) is 19.5. The summed E-state index contributed by atoms with van der Waals surface area (Å²) in [7, 11) is 3.71. The minimum atomic E-state index is -0.865. The Morgan fingerprint density at radius 3 is 2.86 bits per heavy atom. The van der Waals surface area contributed by atoms with Crippen LogP contribution in [0.5, 0.6) is 0 Å². The summed E-state index contributed by atoms with van der Waals surface area (Å²) < 4.78 is 6.05. The number of fused-ring (bicyclic) bond motifs is 4. The van der Waals surface area contributed by atoms with Gasteiger partial charge in [-0.3, -0.25) is 4.79 Å².